The number of hydrogen-bond donors (Lipinski definition) is 0. The monoisotopic (exact) mass is 342 g/mol. The van der Waals surface area contributed by atoms with Crippen LogP contribution >= 0.6 is 0 Å². The van der Waals surface area contributed by atoms with Crippen LogP contribution in [-0.2, 0) is 4.74 Å². The Morgan fingerprint density at radius 1 is 1.32 bits per heavy atom. The summed E-state index contributed by atoms with van der Waals surface area (Å²) in [7, 11) is 0. The van der Waals surface area contributed by atoms with Crippen molar-refractivity contribution >= 4 is 6.09 Å². The van der Waals surface area contributed by atoms with E-state index < -0.39 is 5.60 Å². The van der Waals surface area contributed by atoms with E-state index in [0.717, 1.165) is 29.9 Å². The van der Waals surface area contributed by atoms with Gasteiger partial charge in [-0.1, -0.05) is 23.4 Å². The number of amides is 1. The van der Waals surface area contributed by atoms with Crippen molar-refractivity contribution < 1.29 is 14.1 Å². The Morgan fingerprint density at radius 2 is 2.08 bits per heavy atom. The van der Waals surface area contributed by atoms with Gasteiger partial charge in [0.15, 0.2) is 5.76 Å². The SMILES string of the molecule is Cc1cccc(-c2cc(C3CCCN3C(=O)OC(C)(C)C)on2)c1C. The van der Waals surface area contributed by atoms with E-state index in [0.29, 0.717) is 6.54 Å². The van der Waals surface area contributed by atoms with E-state index in [9.17, 15) is 4.79 Å². The van der Waals surface area contributed by atoms with Gasteiger partial charge in [0.05, 0.1) is 6.04 Å². The molecule has 0 bridgehead atoms. The molecule has 2 heterocycles. The van der Waals surface area contributed by atoms with Crippen LogP contribution in [0.4, 0.5) is 4.79 Å². The van der Waals surface area contributed by atoms with Crippen LogP contribution in [0, 0.1) is 13.8 Å². The van der Waals surface area contributed by atoms with E-state index in [1.54, 1.807) is 4.90 Å². The summed E-state index contributed by atoms with van der Waals surface area (Å²) in [5.41, 5.74) is 3.79. The minimum absolute atomic E-state index is 0.110. The van der Waals surface area contributed by atoms with Crippen molar-refractivity contribution in [1.29, 1.82) is 0 Å². The minimum Gasteiger partial charge on any atom is -0.444 e. The van der Waals surface area contributed by atoms with Gasteiger partial charge in [-0.25, -0.2) is 4.79 Å². The lowest BCUT2D eigenvalue weighted by Crippen LogP contribution is -2.36. The Labute approximate surface area is 148 Å². The van der Waals surface area contributed by atoms with Gasteiger partial charge >= 0.3 is 6.09 Å². The number of carbonyl (C=O) groups excluding carboxylic acids is 1. The average Bonchev–Trinajstić information content (AvgIpc) is 3.16. The summed E-state index contributed by atoms with van der Waals surface area (Å²) >= 11 is 0. The first kappa shape index (κ1) is 17.5. The highest BCUT2D eigenvalue weighted by Gasteiger charge is 2.35. The Hall–Kier alpha value is -2.30. The normalized spacial score (nSPS) is 17.8. The molecule has 1 unspecified atom stereocenters. The molecular weight excluding hydrogens is 316 g/mol. The largest absolute Gasteiger partial charge is 0.444 e. The molecule has 0 aliphatic carbocycles. The standard InChI is InChI=1S/C20H26N2O3/c1-13-8-6-9-15(14(13)2)16-12-18(25-21-16)17-10-7-11-22(17)19(23)24-20(3,4)5/h6,8-9,12,17H,7,10-11H2,1-5H3. The molecule has 0 saturated carbocycles. The maximum atomic E-state index is 12.5. The third-order valence-corrected chi connectivity index (χ3v) is 4.62. The quantitative estimate of drug-likeness (QED) is 0.768. The van der Waals surface area contributed by atoms with E-state index in [-0.39, 0.29) is 12.1 Å². The van der Waals surface area contributed by atoms with Gasteiger partial charge in [0.1, 0.15) is 11.3 Å². The third-order valence-electron chi connectivity index (χ3n) is 4.62. The van der Waals surface area contributed by atoms with Crippen molar-refractivity contribution in [3.05, 3.63) is 41.2 Å². The smallest absolute Gasteiger partial charge is 0.410 e. The number of nitrogens with zero attached hydrogens (tertiary/aromatic N) is 2. The Kier molecular flexibility index (Phi) is 4.58. The van der Waals surface area contributed by atoms with Crippen LogP contribution < -0.4 is 0 Å². The number of hydrogen-bond acceptors (Lipinski definition) is 4. The summed E-state index contributed by atoms with van der Waals surface area (Å²) < 4.78 is 11.1. The summed E-state index contributed by atoms with van der Waals surface area (Å²) in [5.74, 6) is 0.722. The summed E-state index contributed by atoms with van der Waals surface area (Å²) in [4.78, 5) is 14.2. The number of rotatable bonds is 2. The molecule has 5 nitrogen and oxygen atoms in total. The highest BCUT2D eigenvalue weighted by atomic mass is 16.6. The van der Waals surface area contributed by atoms with Crippen molar-refractivity contribution in [2.75, 3.05) is 6.54 Å². The Balaban J connectivity index is 1.84. The molecule has 0 radical (unpaired) electrons. The zero-order valence-electron chi connectivity index (χ0n) is 15.6. The van der Waals surface area contributed by atoms with Gasteiger partial charge in [0.2, 0.25) is 0 Å². The summed E-state index contributed by atoms with van der Waals surface area (Å²) in [6.45, 7) is 10.5. The summed E-state index contributed by atoms with van der Waals surface area (Å²) in [5, 5.41) is 4.25. The number of carbonyl (C=O) groups is 1. The van der Waals surface area contributed by atoms with Crippen molar-refractivity contribution in [2.45, 2.75) is 59.1 Å². The lowest BCUT2D eigenvalue weighted by Gasteiger charge is -2.27. The number of aromatic nitrogens is 1. The number of likely N-dealkylation sites (tertiary alicyclic amines) is 1. The molecule has 0 N–H and O–H groups in total. The van der Waals surface area contributed by atoms with Gasteiger partial charge in [0, 0.05) is 18.2 Å². The fraction of sp³-hybridized carbons (Fsp3) is 0.500. The van der Waals surface area contributed by atoms with Crippen molar-refractivity contribution in [3.8, 4) is 11.3 Å². The van der Waals surface area contributed by atoms with E-state index in [2.05, 4.69) is 25.1 Å². The molecule has 1 aliphatic heterocycles. The second-order valence-corrected chi connectivity index (χ2v) is 7.69. The van der Waals surface area contributed by atoms with Crippen LogP contribution in [0.5, 0.6) is 0 Å². The third kappa shape index (κ3) is 3.70. The molecule has 1 aliphatic rings. The first-order chi connectivity index (χ1) is 11.8. The summed E-state index contributed by atoms with van der Waals surface area (Å²) in [6, 6.07) is 8.00. The minimum atomic E-state index is -0.504. The second kappa shape index (κ2) is 6.54. The second-order valence-electron chi connectivity index (χ2n) is 7.69. The predicted octanol–water partition coefficient (Wildman–Crippen LogP) is 5.03. The molecule has 1 saturated heterocycles. The lowest BCUT2D eigenvalue weighted by atomic mass is 10.0. The van der Waals surface area contributed by atoms with Gasteiger partial charge in [-0.2, -0.15) is 0 Å². The van der Waals surface area contributed by atoms with Crippen LogP contribution in [0.2, 0.25) is 0 Å². The number of ether oxygens (including phenoxy) is 1. The molecule has 2 aromatic rings. The van der Waals surface area contributed by atoms with E-state index >= 15 is 0 Å². The highest BCUT2D eigenvalue weighted by Crippen LogP contribution is 2.35. The zero-order valence-corrected chi connectivity index (χ0v) is 15.6. The van der Waals surface area contributed by atoms with Gasteiger partial charge in [-0.05, 0) is 58.6 Å². The molecule has 25 heavy (non-hydrogen) atoms. The number of aryl methyl sites for hydroxylation is 1. The maximum absolute atomic E-state index is 12.5. The maximum Gasteiger partial charge on any atom is 0.410 e. The first-order valence-electron chi connectivity index (χ1n) is 8.79. The zero-order chi connectivity index (χ0) is 18.2. The topological polar surface area (TPSA) is 55.6 Å². The number of benzene rings is 1. The molecule has 1 fully saturated rings. The van der Waals surface area contributed by atoms with Crippen molar-refractivity contribution in [1.82, 2.24) is 10.1 Å². The summed E-state index contributed by atoms with van der Waals surface area (Å²) in [6.07, 6.45) is 1.50. The van der Waals surface area contributed by atoms with E-state index in [4.69, 9.17) is 9.26 Å². The molecule has 1 aromatic heterocycles. The lowest BCUT2D eigenvalue weighted by molar-refractivity contribution is 0.0204. The van der Waals surface area contributed by atoms with Crippen LogP contribution in [0.1, 0.15) is 56.5 Å². The molecule has 3 rings (SSSR count). The van der Waals surface area contributed by atoms with Gasteiger partial charge in [0.25, 0.3) is 0 Å². The molecule has 1 atom stereocenters. The van der Waals surface area contributed by atoms with Crippen molar-refractivity contribution in [3.63, 3.8) is 0 Å². The van der Waals surface area contributed by atoms with E-state index in [1.165, 1.54) is 11.1 Å². The molecule has 5 heteroatoms. The van der Waals surface area contributed by atoms with Crippen LogP contribution in [0.3, 0.4) is 0 Å². The van der Waals surface area contributed by atoms with E-state index in [1.807, 2.05) is 39.0 Å². The fourth-order valence-corrected chi connectivity index (χ4v) is 3.20. The highest BCUT2D eigenvalue weighted by molar-refractivity contribution is 5.69. The molecular formula is C20H26N2O3. The predicted molar refractivity (Wildman–Crippen MR) is 96.3 cm³/mol. The molecule has 1 amide bonds. The average molecular weight is 342 g/mol. The molecule has 134 valence electrons. The Bertz CT molecular complexity index is 773. The fourth-order valence-electron chi connectivity index (χ4n) is 3.20. The van der Waals surface area contributed by atoms with Gasteiger partial charge < -0.3 is 9.26 Å². The van der Waals surface area contributed by atoms with Crippen LogP contribution in [0.15, 0.2) is 28.8 Å². The van der Waals surface area contributed by atoms with Crippen LogP contribution in [-0.4, -0.2) is 28.3 Å². The van der Waals surface area contributed by atoms with Gasteiger partial charge in [-0.3, -0.25) is 4.90 Å². The first-order valence-corrected chi connectivity index (χ1v) is 8.79. The molecule has 1 aromatic carbocycles. The Morgan fingerprint density at radius 3 is 2.80 bits per heavy atom. The van der Waals surface area contributed by atoms with Crippen molar-refractivity contribution in [2.24, 2.45) is 0 Å². The van der Waals surface area contributed by atoms with Crippen LogP contribution in [0.25, 0.3) is 11.3 Å². The van der Waals surface area contributed by atoms with Gasteiger partial charge in [-0.15, -0.1) is 0 Å². The molecule has 0 spiro atoms.